The van der Waals surface area contributed by atoms with Gasteiger partial charge in [0.05, 0.1) is 11.4 Å². The summed E-state index contributed by atoms with van der Waals surface area (Å²) in [7, 11) is 0. The molecule has 0 fully saturated rings. The fraction of sp³-hybridized carbons (Fsp3) is 0.333. The van der Waals surface area contributed by atoms with Gasteiger partial charge in [-0.25, -0.2) is 4.79 Å². The molecule has 3 N–H and O–H groups in total. The minimum absolute atomic E-state index is 0.108. The van der Waals surface area contributed by atoms with E-state index >= 15 is 0 Å². The normalized spacial score (nSPS) is 14.0. The first-order valence-corrected chi connectivity index (χ1v) is 6.13. The number of carbonyl (C=O) groups is 2. The molecule has 6 heteroatoms. The van der Waals surface area contributed by atoms with Crippen molar-refractivity contribution in [1.29, 1.82) is 0 Å². The highest BCUT2D eigenvalue weighted by molar-refractivity contribution is 9.10. The summed E-state index contributed by atoms with van der Waals surface area (Å²) >= 11 is 3.12. The third-order valence-electron chi connectivity index (χ3n) is 2.48. The fourth-order valence-corrected chi connectivity index (χ4v) is 1.73. The number of aliphatic hydroxyl groups is 2. The van der Waals surface area contributed by atoms with E-state index < -0.39 is 16.9 Å². The Bertz CT molecular complexity index is 470. The van der Waals surface area contributed by atoms with E-state index in [2.05, 4.69) is 15.9 Å². The number of carbonyl (C=O) groups excluding carboxylic acids is 1. The molecule has 2 atom stereocenters. The number of carboxylic acid groups (broad SMARTS) is 1. The Morgan fingerprint density at radius 3 is 2.44 bits per heavy atom. The monoisotopic (exact) mass is 316 g/mol. The molecule has 0 radical (unpaired) electrons. The number of Topliss-reactive ketones (excluding diaryl/α,β-unsaturated/α-hetero) is 1. The zero-order valence-electron chi connectivity index (χ0n) is 9.63. The first-order chi connectivity index (χ1) is 8.38. The van der Waals surface area contributed by atoms with Gasteiger partial charge in [-0.3, -0.25) is 4.79 Å². The van der Waals surface area contributed by atoms with Gasteiger partial charge in [0.2, 0.25) is 0 Å². The van der Waals surface area contributed by atoms with Gasteiger partial charge in [0, 0.05) is 5.56 Å². The van der Waals surface area contributed by atoms with Crippen molar-refractivity contribution in [2.24, 2.45) is 0 Å². The van der Waals surface area contributed by atoms with Crippen LogP contribution in [0.25, 0.3) is 0 Å². The lowest BCUT2D eigenvalue weighted by Gasteiger charge is -2.12. The van der Waals surface area contributed by atoms with Crippen LogP contribution in [-0.2, 0) is 11.4 Å². The molecule has 98 valence electrons. The van der Waals surface area contributed by atoms with Crippen molar-refractivity contribution in [3.63, 3.8) is 0 Å². The zero-order valence-corrected chi connectivity index (χ0v) is 11.2. The van der Waals surface area contributed by atoms with E-state index in [1.54, 1.807) is 6.92 Å². The smallest absolute Gasteiger partial charge is 0.337 e. The number of ketones is 1. The molecule has 0 heterocycles. The summed E-state index contributed by atoms with van der Waals surface area (Å²) in [6.45, 7) is 1.30. The fourth-order valence-electron chi connectivity index (χ4n) is 1.49. The average molecular weight is 317 g/mol. The molecule has 0 spiro atoms. The van der Waals surface area contributed by atoms with Crippen LogP contribution in [0.4, 0.5) is 0 Å². The first-order valence-electron chi connectivity index (χ1n) is 5.21. The van der Waals surface area contributed by atoms with Gasteiger partial charge in [0.15, 0.2) is 11.9 Å². The van der Waals surface area contributed by atoms with E-state index in [9.17, 15) is 14.7 Å². The summed E-state index contributed by atoms with van der Waals surface area (Å²) in [5.74, 6) is -1.67. The largest absolute Gasteiger partial charge is 0.479 e. The van der Waals surface area contributed by atoms with Crippen LogP contribution >= 0.6 is 15.9 Å². The summed E-state index contributed by atoms with van der Waals surface area (Å²) in [5, 5.41) is 27.3. The van der Waals surface area contributed by atoms with Crippen molar-refractivity contribution in [2.75, 3.05) is 0 Å². The molecule has 0 amide bonds. The molecule has 0 saturated heterocycles. The van der Waals surface area contributed by atoms with Crippen molar-refractivity contribution in [3.8, 4) is 0 Å². The van der Waals surface area contributed by atoms with Gasteiger partial charge >= 0.3 is 5.97 Å². The van der Waals surface area contributed by atoms with Gasteiger partial charge in [-0.05, 0) is 24.1 Å². The number of aliphatic carboxylic acids is 1. The number of aliphatic hydroxyl groups excluding tert-OH is 2. The minimum atomic E-state index is -1.69. The Labute approximate surface area is 112 Å². The molecule has 1 rings (SSSR count). The van der Waals surface area contributed by atoms with E-state index in [1.165, 1.54) is 18.2 Å². The van der Waals surface area contributed by atoms with Gasteiger partial charge in [0.1, 0.15) is 0 Å². The van der Waals surface area contributed by atoms with Crippen LogP contribution in [-0.4, -0.2) is 31.9 Å². The maximum Gasteiger partial charge on any atom is 0.337 e. The van der Waals surface area contributed by atoms with E-state index in [0.29, 0.717) is 5.56 Å². The van der Waals surface area contributed by atoms with Crippen molar-refractivity contribution < 1.29 is 24.9 Å². The number of benzene rings is 1. The van der Waals surface area contributed by atoms with Crippen LogP contribution in [0.2, 0.25) is 0 Å². The lowest BCUT2D eigenvalue weighted by molar-refractivity contribution is -0.146. The molecule has 1 aromatic rings. The van der Waals surface area contributed by atoms with Gasteiger partial charge in [-0.2, -0.15) is 0 Å². The van der Waals surface area contributed by atoms with Crippen LogP contribution in [0, 0.1) is 0 Å². The van der Waals surface area contributed by atoms with Crippen LogP contribution in [0.1, 0.15) is 34.5 Å². The Morgan fingerprint density at radius 1 is 1.39 bits per heavy atom. The molecule has 0 aromatic heterocycles. The van der Waals surface area contributed by atoms with E-state index in [0.717, 1.165) is 0 Å². The van der Waals surface area contributed by atoms with Crippen molar-refractivity contribution >= 4 is 27.7 Å². The summed E-state index contributed by atoms with van der Waals surface area (Å²) in [6, 6.07) is 4.11. The molecule has 0 saturated carbocycles. The zero-order chi connectivity index (χ0) is 13.9. The molecule has 0 aliphatic carbocycles. The maximum atomic E-state index is 11.9. The van der Waals surface area contributed by atoms with Gasteiger partial charge in [-0.1, -0.05) is 28.1 Å². The number of rotatable bonds is 5. The second kappa shape index (κ2) is 6.08. The summed E-state index contributed by atoms with van der Waals surface area (Å²) in [5.41, 5.74) is 0.712. The molecular weight excluding hydrogens is 304 g/mol. The standard InChI is InChI=1S/C12H13BrO5/c1-6(13)10(15)9-4-7(11(16)12(17)18)2-3-8(9)5-14/h2-4,6,11,14,16H,5H2,1H3,(H,17,18). The number of halogens is 1. The highest BCUT2D eigenvalue weighted by Crippen LogP contribution is 2.21. The quantitative estimate of drug-likeness (QED) is 0.561. The Kier molecular flexibility index (Phi) is 5.01. The highest BCUT2D eigenvalue weighted by Gasteiger charge is 2.21. The minimum Gasteiger partial charge on any atom is -0.479 e. The van der Waals surface area contributed by atoms with E-state index in [1.807, 2.05) is 0 Å². The predicted molar refractivity (Wildman–Crippen MR) is 67.7 cm³/mol. The maximum absolute atomic E-state index is 11.9. The van der Waals surface area contributed by atoms with Gasteiger partial charge < -0.3 is 15.3 Å². The lowest BCUT2D eigenvalue weighted by Crippen LogP contribution is -2.16. The Hall–Kier alpha value is -1.24. The SMILES string of the molecule is CC(Br)C(=O)c1cc(C(O)C(=O)O)ccc1CO. The summed E-state index contributed by atoms with van der Waals surface area (Å²) in [4.78, 5) is 22.1. The molecule has 1 aromatic carbocycles. The van der Waals surface area contributed by atoms with Crippen LogP contribution in [0.15, 0.2) is 18.2 Å². The lowest BCUT2D eigenvalue weighted by atomic mass is 9.97. The topological polar surface area (TPSA) is 94.8 Å². The molecule has 18 heavy (non-hydrogen) atoms. The third-order valence-corrected chi connectivity index (χ3v) is 2.90. The molecule has 0 aliphatic heterocycles. The number of hydrogen-bond acceptors (Lipinski definition) is 4. The summed E-state index contributed by atoms with van der Waals surface area (Å²) in [6.07, 6.45) is -1.69. The average Bonchev–Trinajstić information content (AvgIpc) is 2.35. The molecular formula is C12H13BrO5. The van der Waals surface area contributed by atoms with Crippen molar-refractivity contribution in [2.45, 2.75) is 24.5 Å². The number of alkyl halides is 1. The van der Waals surface area contributed by atoms with Crippen molar-refractivity contribution in [1.82, 2.24) is 0 Å². The molecule has 0 aliphatic rings. The van der Waals surface area contributed by atoms with Crippen molar-refractivity contribution in [3.05, 3.63) is 34.9 Å². The van der Waals surface area contributed by atoms with Gasteiger partial charge in [-0.15, -0.1) is 0 Å². The first kappa shape index (κ1) is 14.8. The molecule has 5 nitrogen and oxygen atoms in total. The number of hydrogen-bond donors (Lipinski definition) is 3. The van der Waals surface area contributed by atoms with E-state index in [4.69, 9.17) is 10.2 Å². The third kappa shape index (κ3) is 3.16. The van der Waals surface area contributed by atoms with Gasteiger partial charge in [0.25, 0.3) is 0 Å². The van der Waals surface area contributed by atoms with Crippen LogP contribution in [0.3, 0.4) is 0 Å². The Morgan fingerprint density at radius 2 is 2.00 bits per heavy atom. The van der Waals surface area contributed by atoms with E-state index in [-0.39, 0.29) is 23.5 Å². The summed E-state index contributed by atoms with van der Waals surface area (Å²) < 4.78 is 0. The predicted octanol–water partition coefficient (Wildman–Crippen LogP) is 1.26. The molecule has 2 unspecified atom stereocenters. The second-order valence-corrected chi connectivity index (χ2v) is 5.17. The highest BCUT2D eigenvalue weighted by atomic mass is 79.9. The van der Waals surface area contributed by atoms with Crippen LogP contribution in [0.5, 0.6) is 0 Å². The number of carboxylic acids is 1. The molecule has 0 bridgehead atoms. The second-order valence-electron chi connectivity index (χ2n) is 3.80. The van der Waals surface area contributed by atoms with Crippen LogP contribution < -0.4 is 0 Å². The Balaban J connectivity index is 3.25.